The van der Waals surface area contributed by atoms with Crippen molar-refractivity contribution < 1.29 is 17.2 Å². The molecule has 0 aliphatic rings. The van der Waals surface area contributed by atoms with E-state index in [-0.39, 0.29) is 0 Å². The quantitative estimate of drug-likeness (QED) is 0.839. The third-order valence-corrected chi connectivity index (χ3v) is 3.95. The lowest BCUT2D eigenvalue weighted by atomic mass is 10.2. The number of halogens is 3. The van der Waals surface area contributed by atoms with Crippen molar-refractivity contribution >= 4 is 19.7 Å². The van der Waals surface area contributed by atoms with E-state index in [2.05, 4.69) is 0 Å². The molecule has 0 unspecified atom stereocenters. The minimum absolute atomic E-state index is 0.454. The van der Waals surface area contributed by atoms with Crippen molar-refractivity contribution in [2.24, 2.45) is 0 Å². The molecule has 0 amide bonds. The number of rotatable bonds is 3. The highest BCUT2D eigenvalue weighted by Gasteiger charge is 2.18. The molecule has 1 N–H and O–H groups in total. The van der Waals surface area contributed by atoms with Gasteiger partial charge in [-0.1, -0.05) is 6.07 Å². The molecule has 0 aliphatic carbocycles. The lowest BCUT2D eigenvalue weighted by Crippen LogP contribution is -2.32. The standard InChI is InChI=1S/C11H7ClF2N2O4S/c12-21(19,20)9-5-16(11(18)15-10(9)17)4-6-7(13)2-1-3-8(6)14/h1-3,5H,4H2,(H,15,17,18). The van der Waals surface area contributed by atoms with Gasteiger partial charge in [-0.25, -0.2) is 22.0 Å². The second-order valence-corrected chi connectivity index (χ2v) is 6.55. The molecule has 2 aromatic rings. The van der Waals surface area contributed by atoms with E-state index < -0.39 is 48.9 Å². The maximum atomic E-state index is 13.5. The average molecular weight is 337 g/mol. The SMILES string of the molecule is O=c1[nH]c(=O)n(Cc2c(F)cccc2F)cc1S(=O)(=O)Cl. The highest BCUT2D eigenvalue weighted by Crippen LogP contribution is 2.14. The molecule has 21 heavy (non-hydrogen) atoms. The van der Waals surface area contributed by atoms with E-state index in [9.17, 15) is 26.8 Å². The Bertz CT molecular complexity index is 900. The number of H-pyrrole nitrogens is 1. The molecule has 0 radical (unpaired) electrons. The summed E-state index contributed by atoms with van der Waals surface area (Å²) in [7, 11) is 0.638. The highest BCUT2D eigenvalue weighted by atomic mass is 35.7. The van der Waals surface area contributed by atoms with Crippen molar-refractivity contribution in [2.75, 3.05) is 0 Å². The van der Waals surface area contributed by atoms with E-state index >= 15 is 0 Å². The van der Waals surface area contributed by atoms with Crippen LogP contribution in [0, 0.1) is 11.6 Å². The van der Waals surface area contributed by atoms with Crippen molar-refractivity contribution in [3.63, 3.8) is 0 Å². The Morgan fingerprint density at radius 1 is 1.19 bits per heavy atom. The van der Waals surface area contributed by atoms with Crippen LogP contribution < -0.4 is 11.2 Å². The van der Waals surface area contributed by atoms with Crippen LogP contribution in [0.4, 0.5) is 8.78 Å². The van der Waals surface area contributed by atoms with Crippen LogP contribution in [-0.2, 0) is 15.6 Å². The van der Waals surface area contributed by atoms with Gasteiger partial charge in [0, 0.05) is 22.4 Å². The zero-order valence-electron chi connectivity index (χ0n) is 10.1. The van der Waals surface area contributed by atoms with E-state index in [1.54, 1.807) is 4.98 Å². The molecule has 0 atom stereocenters. The lowest BCUT2D eigenvalue weighted by molar-refractivity contribution is 0.536. The minimum atomic E-state index is -4.40. The van der Waals surface area contributed by atoms with E-state index in [1.807, 2.05) is 0 Å². The third-order valence-electron chi connectivity index (χ3n) is 2.63. The molecule has 6 nitrogen and oxygen atoms in total. The fourth-order valence-electron chi connectivity index (χ4n) is 1.63. The summed E-state index contributed by atoms with van der Waals surface area (Å²) in [4.78, 5) is 23.7. The maximum Gasteiger partial charge on any atom is 0.328 e. The first-order valence-electron chi connectivity index (χ1n) is 5.41. The summed E-state index contributed by atoms with van der Waals surface area (Å²) in [6.45, 7) is -0.604. The summed E-state index contributed by atoms with van der Waals surface area (Å²) in [5.74, 6) is -1.83. The Morgan fingerprint density at radius 3 is 2.29 bits per heavy atom. The molecule has 1 heterocycles. The third kappa shape index (κ3) is 3.19. The minimum Gasteiger partial charge on any atom is -0.295 e. The zero-order chi connectivity index (χ0) is 15.8. The van der Waals surface area contributed by atoms with Gasteiger partial charge in [-0.15, -0.1) is 0 Å². The lowest BCUT2D eigenvalue weighted by Gasteiger charge is -2.08. The number of nitrogens with one attached hydrogen (secondary N) is 1. The average Bonchev–Trinajstić information content (AvgIpc) is 2.34. The molecule has 0 saturated heterocycles. The Labute approximate surface area is 121 Å². The number of benzene rings is 1. The molecule has 1 aromatic heterocycles. The topological polar surface area (TPSA) is 89.0 Å². The van der Waals surface area contributed by atoms with Crippen molar-refractivity contribution in [3.05, 3.63) is 62.4 Å². The highest BCUT2D eigenvalue weighted by molar-refractivity contribution is 8.13. The summed E-state index contributed by atoms with van der Waals surface area (Å²) in [6.07, 6.45) is 0.634. The molecule has 112 valence electrons. The fourth-order valence-corrected chi connectivity index (χ4v) is 2.49. The molecule has 10 heteroatoms. The van der Waals surface area contributed by atoms with E-state index in [0.717, 1.165) is 18.2 Å². The Hall–Kier alpha value is -2.00. The number of aromatic nitrogens is 2. The zero-order valence-corrected chi connectivity index (χ0v) is 11.7. The molecule has 1 aromatic carbocycles. The van der Waals surface area contributed by atoms with Crippen LogP contribution in [0.2, 0.25) is 0 Å². The van der Waals surface area contributed by atoms with Crippen LogP contribution in [0.3, 0.4) is 0 Å². The van der Waals surface area contributed by atoms with Gasteiger partial charge in [0.15, 0.2) is 4.90 Å². The van der Waals surface area contributed by atoms with Crippen molar-refractivity contribution in [1.29, 1.82) is 0 Å². The second kappa shape index (κ2) is 5.41. The van der Waals surface area contributed by atoms with Crippen LogP contribution in [0.15, 0.2) is 38.9 Å². The number of nitrogens with zero attached hydrogens (tertiary/aromatic N) is 1. The summed E-state index contributed by atoms with van der Waals surface area (Å²) >= 11 is 0. The molecule has 0 saturated carbocycles. The van der Waals surface area contributed by atoms with Gasteiger partial charge in [0.2, 0.25) is 0 Å². The van der Waals surface area contributed by atoms with Gasteiger partial charge in [-0.2, -0.15) is 0 Å². The van der Waals surface area contributed by atoms with E-state index in [4.69, 9.17) is 10.7 Å². The predicted molar refractivity (Wildman–Crippen MR) is 69.8 cm³/mol. The van der Waals surface area contributed by atoms with Crippen LogP contribution in [0.1, 0.15) is 5.56 Å². The first kappa shape index (κ1) is 15.4. The van der Waals surface area contributed by atoms with Crippen LogP contribution in [0.25, 0.3) is 0 Å². The van der Waals surface area contributed by atoms with Gasteiger partial charge in [0.1, 0.15) is 11.6 Å². The molecular weight excluding hydrogens is 330 g/mol. The monoisotopic (exact) mass is 336 g/mol. The molecule has 2 rings (SSSR count). The van der Waals surface area contributed by atoms with Crippen LogP contribution in [-0.4, -0.2) is 18.0 Å². The summed E-state index contributed by atoms with van der Waals surface area (Å²) in [5, 5.41) is 0. The van der Waals surface area contributed by atoms with Crippen molar-refractivity contribution in [3.8, 4) is 0 Å². The van der Waals surface area contributed by atoms with Gasteiger partial charge >= 0.3 is 5.69 Å². The first-order chi connectivity index (χ1) is 9.70. The summed E-state index contributed by atoms with van der Waals surface area (Å²) in [6, 6.07) is 3.10. The smallest absolute Gasteiger partial charge is 0.295 e. The van der Waals surface area contributed by atoms with Gasteiger partial charge < -0.3 is 0 Å². The van der Waals surface area contributed by atoms with E-state index in [1.165, 1.54) is 0 Å². The molecule has 0 fully saturated rings. The van der Waals surface area contributed by atoms with Crippen molar-refractivity contribution in [1.82, 2.24) is 9.55 Å². The Kier molecular flexibility index (Phi) is 3.97. The Balaban J connectivity index is 2.61. The van der Waals surface area contributed by atoms with Gasteiger partial charge in [0.25, 0.3) is 14.6 Å². The largest absolute Gasteiger partial charge is 0.328 e. The van der Waals surface area contributed by atoms with Gasteiger partial charge in [0.05, 0.1) is 6.54 Å². The Morgan fingerprint density at radius 2 is 1.76 bits per heavy atom. The molecule has 0 bridgehead atoms. The number of hydrogen-bond acceptors (Lipinski definition) is 4. The number of hydrogen-bond donors (Lipinski definition) is 1. The summed E-state index contributed by atoms with van der Waals surface area (Å²) < 4.78 is 50.0. The first-order valence-corrected chi connectivity index (χ1v) is 7.72. The van der Waals surface area contributed by atoms with Crippen LogP contribution >= 0.6 is 10.7 Å². The number of aromatic amines is 1. The second-order valence-electron chi connectivity index (χ2n) is 4.02. The van der Waals surface area contributed by atoms with Gasteiger partial charge in [-0.3, -0.25) is 14.3 Å². The maximum absolute atomic E-state index is 13.5. The molecule has 0 spiro atoms. The van der Waals surface area contributed by atoms with Crippen molar-refractivity contribution in [2.45, 2.75) is 11.4 Å². The molecule has 0 aliphatic heterocycles. The molecular formula is C11H7ClF2N2O4S. The predicted octanol–water partition coefficient (Wildman–Crippen LogP) is 0.791. The normalized spacial score (nSPS) is 11.6. The van der Waals surface area contributed by atoms with Gasteiger partial charge in [-0.05, 0) is 12.1 Å². The summed E-state index contributed by atoms with van der Waals surface area (Å²) in [5.41, 5.74) is -2.68. The van der Waals surface area contributed by atoms with Crippen LogP contribution in [0.5, 0.6) is 0 Å². The fraction of sp³-hybridized carbons (Fsp3) is 0.0909. The van der Waals surface area contributed by atoms with E-state index in [0.29, 0.717) is 10.8 Å².